The third-order valence-electron chi connectivity index (χ3n) is 8.90. The van der Waals surface area contributed by atoms with E-state index < -0.39 is 8.07 Å². The van der Waals surface area contributed by atoms with Crippen molar-refractivity contribution in [2.75, 3.05) is 0 Å². The maximum Gasteiger partial charge on any atom is 0.0795 e. The third kappa shape index (κ3) is 7.22. The summed E-state index contributed by atoms with van der Waals surface area (Å²) in [6, 6.07) is 45.1. The van der Waals surface area contributed by atoms with E-state index in [1.54, 1.807) is 0 Å². The Hall–Kier alpha value is -4.25. The molecule has 3 heterocycles. The van der Waals surface area contributed by atoms with Gasteiger partial charge in [-0.3, -0.25) is 0 Å². The quantitative estimate of drug-likeness (QED) is 0.130. The number of aryl methyl sites for hydroxylation is 3. The average Bonchev–Trinajstić information content (AvgIpc) is 3.46. The molecule has 5 aromatic carbocycles. The molecule has 3 aromatic heterocycles. The van der Waals surface area contributed by atoms with E-state index in [2.05, 4.69) is 136 Å². The Labute approximate surface area is 308 Å². The van der Waals surface area contributed by atoms with E-state index >= 15 is 0 Å². The van der Waals surface area contributed by atoms with Gasteiger partial charge in [0.2, 0.25) is 0 Å². The van der Waals surface area contributed by atoms with Gasteiger partial charge in [-0.15, -0.1) is 59.7 Å². The predicted octanol–water partition coefficient (Wildman–Crippen LogP) is 11.8. The van der Waals surface area contributed by atoms with Gasteiger partial charge in [-0.25, -0.2) is 0 Å². The second-order valence-electron chi connectivity index (χ2n) is 13.6. The molecule has 0 saturated heterocycles. The number of nitrogens with zero attached hydrogens (tertiary/aromatic N) is 2. The van der Waals surface area contributed by atoms with Crippen molar-refractivity contribution in [2.45, 2.75) is 40.4 Å². The van der Waals surface area contributed by atoms with Crippen LogP contribution in [0.25, 0.3) is 64.6 Å². The van der Waals surface area contributed by atoms with Crippen molar-refractivity contribution in [3.8, 4) is 33.6 Å². The number of hydrogen-bond acceptors (Lipinski definition) is 3. The molecule has 0 aliphatic carbocycles. The fourth-order valence-corrected chi connectivity index (χ4v) is 8.77. The summed E-state index contributed by atoms with van der Waals surface area (Å²) in [5.41, 5.74) is 10.7. The summed E-state index contributed by atoms with van der Waals surface area (Å²) >= 11 is 1.84. The normalized spacial score (nSPS) is 11.3. The first-order valence-electron chi connectivity index (χ1n) is 16.4. The van der Waals surface area contributed by atoms with E-state index in [0.29, 0.717) is 0 Å². The molecule has 0 aliphatic rings. The van der Waals surface area contributed by atoms with Crippen molar-refractivity contribution < 1.29 is 20.1 Å². The van der Waals surface area contributed by atoms with Gasteiger partial charge in [0.25, 0.3) is 0 Å². The zero-order valence-electron chi connectivity index (χ0n) is 28.7. The summed E-state index contributed by atoms with van der Waals surface area (Å²) in [6.45, 7) is 13.6. The van der Waals surface area contributed by atoms with Crippen molar-refractivity contribution in [3.05, 3.63) is 150 Å². The molecule has 5 heteroatoms. The monoisotopic (exact) mass is 847 g/mol. The van der Waals surface area contributed by atoms with Crippen LogP contribution in [-0.2, 0) is 20.1 Å². The minimum Gasteiger partial charge on any atom is -0.305 e. The summed E-state index contributed by atoms with van der Waals surface area (Å²) in [6.07, 6.45) is 3.98. The molecule has 0 amide bonds. The number of rotatable bonds is 4. The number of pyridine rings is 2. The van der Waals surface area contributed by atoms with Crippen molar-refractivity contribution >= 4 is 55.5 Å². The minimum absolute atomic E-state index is 0. The molecule has 0 aliphatic heterocycles. The standard InChI is InChI=1S/C30H22NS.C14H16NSi.Ir/c1-18-13-19(2)29(20(3)14-18)22-11-12-24-25-9-6-10-26(30(25)32-28(24)16-22)27-15-21-7-4-5-8-23(21)17-31-27;1-16(2,3)13-9-10-14(15-11-13)12-7-5-4-6-8-12;/h4-9,11-17H,1-3H3;4-7,9-11H,1-3H3;/q2*-1;. The summed E-state index contributed by atoms with van der Waals surface area (Å²) in [5, 5.41) is 6.34. The molecule has 0 unspecified atom stereocenters. The van der Waals surface area contributed by atoms with Crippen molar-refractivity contribution in [3.63, 3.8) is 0 Å². The van der Waals surface area contributed by atoms with Crippen molar-refractivity contribution in [1.82, 2.24) is 9.97 Å². The topological polar surface area (TPSA) is 25.8 Å². The van der Waals surface area contributed by atoms with Crippen LogP contribution in [0.5, 0.6) is 0 Å². The summed E-state index contributed by atoms with van der Waals surface area (Å²) in [7, 11) is -1.23. The molecule has 0 atom stereocenters. The van der Waals surface area contributed by atoms with Crippen LogP contribution >= 0.6 is 11.3 Å². The third-order valence-corrected chi connectivity index (χ3v) is 12.1. The van der Waals surface area contributed by atoms with Gasteiger partial charge < -0.3 is 9.97 Å². The smallest absolute Gasteiger partial charge is 0.0795 e. The molecule has 8 rings (SSSR count). The minimum atomic E-state index is -1.23. The van der Waals surface area contributed by atoms with E-state index in [1.807, 2.05) is 54.1 Å². The van der Waals surface area contributed by atoms with E-state index in [-0.39, 0.29) is 20.1 Å². The van der Waals surface area contributed by atoms with Crippen LogP contribution in [0.15, 0.2) is 122 Å². The van der Waals surface area contributed by atoms with E-state index in [1.165, 1.54) is 58.6 Å². The SMILES string of the molecule is C[Si](C)(C)c1ccc(-c2[c-]cccc2)nc1.Cc1cc(C)c(-c2ccc3c(c2)sc2c(-c4cc5ccccc5cn4)[c-]ccc23)c(C)c1.[Ir]. The van der Waals surface area contributed by atoms with Crippen LogP contribution in [-0.4, -0.2) is 18.0 Å². The first-order chi connectivity index (χ1) is 23.2. The second kappa shape index (κ2) is 14.3. The molecule has 49 heavy (non-hydrogen) atoms. The van der Waals surface area contributed by atoms with Gasteiger partial charge in [-0.1, -0.05) is 97.3 Å². The molecule has 0 fully saturated rings. The Morgan fingerprint density at radius 2 is 1.37 bits per heavy atom. The molecule has 0 N–H and O–H groups in total. The Kier molecular flexibility index (Phi) is 10.1. The molecule has 0 bridgehead atoms. The second-order valence-corrected chi connectivity index (χ2v) is 19.7. The molecular formula is C44H38IrN2SSi-2. The maximum atomic E-state index is 4.77. The van der Waals surface area contributed by atoms with Crippen LogP contribution in [0.4, 0.5) is 0 Å². The first-order valence-corrected chi connectivity index (χ1v) is 20.7. The van der Waals surface area contributed by atoms with Crippen LogP contribution in [0.1, 0.15) is 16.7 Å². The van der Waals surface area contributed by atoms with Gasteiger partial charge in [-0.2, -0.15) is 11.3 Å². The zero-order valence-corrected chi connectivity index (χ0v) is 32.9. The number of aromatic nitrogens is 2. The van der Waals surface area contributed by atoms with Gasteiger partial charge in [-0.05, 0) is 86.5 Å². The molecule has 245 valence electrons. The molecule has 0 saturated carbocycles. The number of benzene rings is 5. The van der Waals surface area contributed by atoms with Crippen molar-refractivity contribution in [1.29, 1.82) is 0 Å². The molecule has 0 spiro atoms. The van der Waals surface area contributed by atoms with E-state index in [0.717, 1.165) is 27.9 Å². The number of hydrogen-bond donors (Lipinski definition) is 0. The fraction of sp³-hybridized carbons (Fsp3) is 0.136. The van der Waals surface area contributed by atoms with Gasteiger partial charge in [0.05, 0.1) is 8.07 Å². The van der Waals surface area contributed by atoms with Crippen LogP contribution in [0.2, 0.25) is 19.6 Å². The number of thiophene rings is 1. The molecule has 1 radical (unpaired) electrons. The average molecular weight is 847 g/mol. The van der Waals surface area contributed by atoms with Crippen molar-refractivity contribution in [2.24, 2.45) is 0 Å². The van der Waals surface area contributed by atoms with Crippen LogP contribution in [0, 0.1) is 32.9 Å². The maximum absolute atomic E-state index is 4.77. The molecule has 2 nitrogen and oxygen atoms in total. The summed E-state index contributed by atoms with van der Waals surface area (Å²) in [5.74, 6) is 0. The molecule has 8 aromatic rings. The summed E-state index contributed by atoms with van der Waals surface area (Å²) < 4.78 is 2.55. The largest absolute Gasteiger partial charge is 0.305 e. The van der Waals surface area contributed by atoms with Gasteiger partial charge in [0, 0.05) is 37.2 Å². The van der Waals surface area contributed by atoms with Gasteiger partial charge in [0.15, 0.2) is 0 Å². The fourth-order valence-electron chi connectivity index (χ4n) is 6.49. The zero-order chi connectivity index (χ0) is 33.4. The van der Waals surface area contributed by atoms with E-state index in [9.17, 15) is 0 Å². The Morgan fingerprint density at radius 3 is 2.06 bits per heavy atom. The Bertz CT molecular complexity index is 2390. The van der Waals surface area contributed by atoms with Crippen LogP contribution < -0.4 is 5.19 Å². The first kappa shape index (κ1) is 34.6. The summed E-state index contributed by atoms with van der Waals surface area (Å²) in [4.78, 5) is 9.29. The predicted molar refractivity (Wildman–Crippen MR) is 210 cm³/mol. The van der Waals surface area contributed by atoms with E-state index in [4.69, 9.17) is 4.98 Å². The Balaban J connectivity index is 0.000000208. The Morgan fingerprint density at radius 1 is 0.633 bits per heavy atom. The number of fused-ring (bicyclic) bond motifs is 4. The van der Waals surface area contributed by atoms with Gasteiger partial charge in [0.1, 0.15) is 0 Å². The van der Waals surface area contributed by atoms with Gasteiger partial charge >= 0.3 is 0 Å². The van der Waals surface area contributed by atoms with Crippen LogP contribution in [0.3, 0.4) is 0 Å². The molecular weight excluding hydrogens is 809 g/mol.